The number of hydrogen-bond acceptors (Lipinski definition) is 6. The molecule has 1 aromatic carbocycles. The number of aliphatic imine (C=N–C) groups is 1. The number of nitrogens with two attached hydrogens (primary N) is 1. The summed E-state index contributed by atoms with van der Waals surface area (Å²) in [4.78, 5) is 23.0. The van der Waals surface area contributed by atoms with E-state index in [2.05, 4.69) is 16.0 Å². The normalized spacial score (nSPS) is 14.4. The topological polar surface area (TPSA) is 101 Å². The molecule has 0 saturated heterocycles. The van der Waals surface area contributed by atoms with E-state index in [1.165, 1.54) is 0 Å². The van der Waals surface area contributed by atoms with Gasteiger partial charge in [-0.1, -0.05) is 0 Å². The van der Waals surface area contributed by atoms with Gasteiger partial charge in [-0.25, -0.2) is 4.98 Å². The van der Waals surface area contributed by atoms with Crippen LogP contribution in [0.3, 0.4) is 0 Å². The molecule has 140 valence electrons. The van der Waals surface area contributed by atoms with Crippen LogP contribution >= 0.6 is 0 Å². The maximum Gasteiger partial charge on any atom is 0.251 e. The summed E-state index contributed by atoms with van der Waals surface area (Å²) >= 11 is 0. The number of aliphatic hydroxyl groups is 1. The molecule has 4 rings (SSSR count). The van der Waals surface area contributed by atoms with E-state index >= 15 is 0 Å². The lowest BCUT2D eigenvalue weighted by Crippen LogP contribution is -2.26. The molecule has 0 saturated carbocycles. The summed E-state index contributed by atoms with van der Waals surface area (Å²) in [5.41, 5.74) is 11.4. The minimum absolute atomic E-state index is 0.0185. The molecule has 0 atom stereocenters. The van der Waals surface area contributed by atoms with Crippen molar-refractivity contribution < 1.29 is 14.6 Å². The molecule has 1 amide bonds. The standard InChI is InChI=1S/C20H22N4O3/c1-24(6-7-25)16-10-15(18-14(4-5-22-18)17(16)19(21)26)13-9-12-3-2-8-27-20(12)23-11-13/h5,9-11,25H,2-4,6-8H2,1H3,(H2,21,26). The zero-order chi connectivity index (χ0) is 19.0. The summed E-state index contributed by atoms with van der Waals surface area (Å²) in [6.45, 7) is 1.08. The summed E-state index contributed by atoms with van der Waals surface area (Å²) in [5.74, 6) is 0.205. The SMILES string of the molecule is CN(CCO)c1cc(-c2cnc3c(c2)CCCO3)c2c(c1C(N)=O)CC=N2. The van der Waals surface area contributed by atoms with Crippen molar-refractivity contribution in [2.24, 2.45) is 10.7 Å². The third-order valence-corrected chi connectivity index (χ3v) is 5.05. The molecule has 27 heavy (non-hydrogen) atoms. The Morgan fingerprint density at radius 1 is 1.41 bits per heavy atom. The van der Waals surface area contributed by atoms with Gasteiger partial charge in [-0.15, -0.1) is 0 Å². The van der Waals surface area contributed by atoms with Crippen LogP contribution in [0.25, 0.3) is 11.1 Å². The number of benzene rings is 1. The van der Waals surface area contributed by atoms with Gasteiger partial charge in [0.25, 0.3) is 5.91 Å². The Bertz CT molecular complexity index is 939. The lowest BCUT2D eigenvalue weighted by Gasteiger charge is -2.24. The molecule has 2 aromatic rings. The van der Waals surface area contributed by atoms with Gasteiger partial charge in [0, 0.05) is 49.1 Å². The van der Waals surface area contributed by atoms with Crippen molar-refractivity contribution in [2.75, 3.05) is 31.7 Å². The number of primary amides is 1. The van der Waals surface area contributed by atoms with Gasteiger partial charge in [-0.3, -0.25) is 9.79 Å². The Balaban J connectivity index is 1.90. The predicted molar refractivity (Wildman–Crippen MR) is 104 cm³/mol. The lowest BCUT2D eigenvalue weighted by atomic mass is 9.93. The van der Waals surface area contributed by atoms with Gasteiger partial charge in [-0.05, 0) is 30.5 Å². The van der Waals surface area contributed by atoms with Crippen LogP contribution in [0.15, 0.2) is 23.3 Å². The number of ether oxygens (including phenoxy) is 1. The summed E-state index contributed by atoms with van der Waals surface area (Å²) in [5, 5.41) is 9.33. The van der Waals surface area contributed by atoms with Crippen LogP contribution in [0.4, 0.5) is 11.4 Å². The highest BCUT2D eigenvalue weighted by Gasteiger charge is 2.26. The van der Waals surface area contributed by atoms with Crippen LogP contribution in [0, 0.1) is 0 Å². The molecule has 0 spiro atoms. The Hall–Kier alpha value is -2.93. The molecule has 0 unspecified atom stereocenters. The van der Waals surface area contributed by atoms with E-state index < -0.39 is 5.91 Å². The highest BCUT2D eigenvalue weighted by atomic mass is 16.5. The number of aliphatic hydroxyl groups excluding tert-OH is 1. The molecule has 2 aliphatic rings. The Morgan fingerprint density at radius 3 is 3.04 bits per heavy atom. The first-order chi connectivity index (χ1) is 13.1. The fraction of sp³-hybridized carbons (Fsp3) is 0.350. The van der Waals surface area contributed by atoms with Crippen LogP contribution in [0.1, 0.15) is 27.9 Å². The molecule has 7 heteroatoms. The van der Waals surface area contributed by atoms with E-state index in [0.29, 0.717) is 36.7 Å². The smallest absolute Gasteiger partial charge is 0.251 e. The van der Waals surface area contributed by atoms with Gasteiger partial charge in [0.15, 0.2) is 0 Å². The van der Waals surface area contributed by atoms with Crippen molar-refractivity contribution in [3.8, 4) is 17.0 Å². The highest BCUT2D eigenvalue weighted by Crippen LogP contribution is 2.43. The van der Waals surface area contributed by atoms with Crippen molar-refractivity contribution in [1.82, 2.24) is 4.98 Å². The number of likely N-dealkylation sites (N-methyl/N-ethyl adjacent to an activating group) is 1. The van der Waals surface area contributed by atoms with Crippen molar-refractivity contribution >= 4 is 23.5 Å². The molecule has 2 aliphatic heterocycles. The van der Waals surface area contributed by atoms with E-state index in [4.69, 9.17) is 10.5 Å². The number of fused-ring (bicyclic) bond motifs is 2. The van der Waals surface area contributed by atoms with E-state index in [9.17, 15) is 9.90 Å². The Labute approximate surface area is 157 Å². The fourth-order valence-electron chi connectivity index (χ4n) is 3.74. The summed E-state index contributed by atoms with van der Waals surface area (Å²) < 4.78 is 5.61. The molecule has 7 nitrogen and oxygen atoms in total. The minimum atomic E-state index is -0.486. The van der Waals surface area contributed by atoms with Crippen molar-refractivity contribution in [3.05, 3.63) is 35.0 Å². The number of aryl methyl sites for hydroxylation is 1. The van der Waals surface area contributed by atoms with Gasteiger partial charge in [-0.2, -0.15) is 0 Å². The summed E-state index contributed by atoms with van der Waals surface area (Å²) in [6.07, 6.45) is 6.04. The summed E-state index contributed by atoms with van der Waals surface area (Å²) in [6, 6.07) is 4.01. The molecule has 1 aromatic heterocycles. The van der Waals surface area contributed by atoms with Crippen LogP contribution in [-0.4, -0.2) is 49.0 Å². The average Bonchev–Trinajstić information content (AvgIpc) is 3.15. The maximum absolute atomic E-state index is 12.2. The first-order valence-electron chi connectivity index (χ1n) is 9.06. The number of anilines is 1. The monoisotopic (exact) mass is 366 g/mol. The van der Waals surface area contributed by atoms with Crippen molar-refractivity contribution in [2.45, 2.75) is 19.3 Å². The van der Waals surface area contributed by atoms with Gasteiger partial charge in [0.2, 0.25) is 5.88 Å². The second-order valence-electron chi connectivity index (χ2n) is 6.81. The average molecular weight is 366 g/mol. The molecular weight excluding hydrogens is 344 g/mol. The zero-order valence-corrected chi connectivity index (χ0v) is 15.2. The number of amides is 1. The molecule has 0 aliphatic carbocycles. The third kappa shape index (κ3) is 3.04. The van der Waals surface area contributed by atoms with Crippen molar-refractivity contribution in [3.63, 3.8) is 0 Å². The zero-order valence-electron chi connectivity index (χ0n) is 15.2. The van der Waals surface area contributed by atoms with Crippen LogP contribution in [0.5, 0.6) is 5.88 Å². The molecule has 3 N–H and O–H groups in total. The van der Waals surface area contributed by atoms with E-state index in [1.54, 1.807) is 12.4 Å². The molecule has 0 radical (unpaired) electrons. The molecule has 3 heterocycles. The predicted octanol–water partition coefficient (Wildman–Crippen LogP) is 1.86. The van der Waals surface area contributed by atoms with Gasteiger partial charge < -0.3 is 20.5 Å². The number of rotatable bonds is 5. The molecule has 0 bridgehead atoms. The van der Waals surface area contributed by atoms with Crippen molar-refractivity contribution in [1.29, 1.82) is 0 Å². The van der Waals surface area contributed by atoms with E-state index in [-0.39, 0.29) is 6.61 Å². The largest absolute Gasteiger partial charge is 0.477 e. The third-order valence-electron chi connectivity index (χ3n) is 5.05. The van der Waals surface area contributed by atoms with Gasteiger partial charge in [0.1, 0.15) is 0 Å². The second kappa shape index (κ2) is 7.00. The first-order valence-corrected chi connectivity index (χ1v) is 9.06. The van der Waals surface area contributed by atoms with Gasteiger partial charge >= 0.3 is 0 Å². The molecular formula is C20H22N4O3. The maximum atomic E-state index is 12.2. The van der Waals surface area contributed by atoms with Crippen LogP contribution < -0.4 is 15.4 Å². The number of carbonyl (C=O) groups is 1. The van der Waals surface area contributed by atoms with E-state index in [1.807, 2.05) is 18.0 Å². The second-order valence-corrected chi connectivity index (χ2v) is 6.81. The number of nitrogens with zero attached hydrogens (tertiary/aromatic N) is 3. The van der Waals surface area contributed by atoms with Crippen LogP contribution in [-0.2, 0) is 12.8 Å². The molecule has 0 fully saturated rings. The number of aromatic nitrogens is 1. The fourth-order valence-corrected chi connectivity index (χ4v) is 3.74. The quantitative estimate of drug-likeness (QED) is 0.841. The Morgan fingerprint density at radius 2 is 2.26 bits per heavy atom. The van der Waals surface area contributed by atoms with E-state index in [0.717, 1.165) is 40.8 Å². The lowest BCUT2D eigenvalue weighted by molar-refractivity contribution is 0.1000. The number of pyridine rings is 1. The van der Waals surface area contributed by atoms with Crippen LogP contribution in [0.2, 0.25) is 0 Å². The van der Waals surface area contributed by atoms with Gasteiger partial charge in [0.05, 0.1) is 30.2 Å². The summed E-state index contributed by atoms with van der Waals surface area (Å²) in [7, 11) is 1.84. The number of carbonyl (C=O) groups excluding carboxylic acids is 1. The number of hydrogen-bond donors (Lipinski definition) is 2. The minimum Gasteiger partial charge on any atom is -0.477 e. The Kier molecular flexibility index (Phi) is 4.53. The highest BCUT2D eigenvalue weighted by molar-refractivity contribution is 6.06. The first kappa shape index (κ1) is 17.5.